The number of anilines is 3. The first-order valence-electron chi connectivity index (χ1n) is 7.45. The molecule has 3 rings (SSSR count). The highest BCUT2D eigenvalue weighted by Gasteiger charge is 2.04. The predicted molar refractivity (Wildman–Crippen MR) is 100 cm³/mol. The van der Waals surface area contributed by atoms with E-state index in [1.54, 1.807) is 24.4 Å². The van der Waals surface area contributed by atoms with E-state index in [2.05, 4.69) is 45.7 Å². The number of rotatable bonds is 5. The van der Waals surface area contributed by atoms with Crippen LogP contribution in [0.1, 0.15) is 11.1 Å². The lowest BCUT2D eigenvalue weighted by Crippen LogP contribution is -2.05. The van der Waals surface area contributed by atoms with Crippen molar-refractivity contribution in [2.75, 3.05) is 10.6 Å². The van der Waals surface area contributed by atoms with Crippen molar-refractivity contribution in [1.29, 1.82) is 0 Å². The molecule has 0 fully saturated rings. The van der Waals surface area contributed by atoms with Crippen molar-refractivity contribution in [3.8, 4) is 0 Å². The number of nitrogens with one attached hydrogen (secondary N) is 2. The molecule has 6 heteroatoms. The molecule has 2 N–H and O–H groups in total. The van der Waals surface area contributed by atoms with E-state index in [-0.39, 0.29) is 0 Å². The van der Waals surface area contributed by atoms with E-state index in [1.807, 2.05) is 12.1 Å². The Hall–Kier alpha value is -2.30. The molecular formula is C18H16Cl2N4. The Kier molecular flexibility index (Phi) is 5.18. The fourth-order valence-corrected chi connectivity index (χ4v) is 2.70. The molecule has 0 spiro atoms. The smallest absolute Gasteiger partial charge is 0.224 e. The Balaban J connectivity index is 1.69. The highest BCUT2D eigenvalue weighted by atomic mass is 35.5. The number of benzene rings is 2. The van der Waals surface area contributed by atoms with Crippen LogP contribution in [0.5, 0.6) is 0 Å². The number of hydrogen-bond acceptors (Lipinski definition) is 4. The van der Waals surface area contributed by atoms with Crippen molar-refractivity contribution in [3.05, 3.63) is 75.9 Å². The zero-order chi connectivity index (χ0) is 16.9. The van der Waals surface area contributed by atoms with Crippen LogP contribution in [0.4, 0.5) is 17.5 Å². The van der Waals surface area contributed by atoms with Gasteiger partial charge in [0.2, 0.25) is 5.95 Å². The molecule has 0 radical (unpaired) electrons. The minimum Gasteiger partial charge on any atom is -0.350 e. The monoisotopic (exact) mass is 358 g/mol. The molecule has 4 nitrogen and oxygen atoms in total. The van der Waals surface area contributed by atoms with Crippen LogP contribution in [-0.2, 0) is 6.54 Å². The van der Waals surface area contributed by atoms with Crippen molar-refractivity contribution in [3.63, 3.8) is 0 Å². The van der Waals surface area contributed by atoms with Gasteiger partial charge in [-0.15, -0.1) is 0 Å². The van der Waals surface area contributed by atoms with E-state index >= 15 is 0 Å². The van der Waals surface area contributed by atoms with Crippen molar-refractivity contribution >= 4 is 40.7 Å². The van der Waals surface area contributed by atoms with Gasteiger partial charge in [-0.1, -0.05) is 53.0 Å². The molecule has 0 bridgehead atoms. The van der Waals surface area contributed by atoms with Crippen LogP contribution in [-0.4, -0.2) is 9.97 Å². The lowest BCUT2D eigenvalue weighted by atomic mass is 10.1. The molecule has 0 aliphatic heterocycles. The summed E-state index contributed by atoms with van der Waals surface area (Å²) in [7, 11) is 0. The summed E-state index contributed by atoms with van der Waals surface area (Å²) in [5.74, 6) is 1.20. The third-order valence-electron chi connectivity index (χ3n) is 3.38. The molecule has 2 aromatic carbocycles. The van der Waals surface area contributed by atoms with Crippen LogP contribution < -0.4 is 10.6 Å². The lowest BCUT2D eigenvalue weighted by molar-refractivity contribution is 1.05. The molecule has 122 valence electrons. The minimum atomic E-state index is 0.537. The summed E-state index contributed by atoms with van der Waals surface area (Å²) in [6.07, 6.45) is 1.69. The molecule has 0 unspecified atom stereocenters. The van der Waals surface area contributed by atoms with E-state index in [1.165, 1.54) is 11.1 Å². The van der Waals surface area contributed by atoms with Gasteiger partial charge in [0.1, 0.15) is 5.82 Å². The van der Waals surface area contributed by atoms with Gasteiger partial charge in [-0.05, 0) is 36.8 Å². The molecule has 3 aromatic rings. The summed E-state index contributed by atoms with van der Waals surface area (Å²) in [4.78, 5) is 8.68. The van der Waals surface area contributed by atoms with Gasteiger partial charge < -0.3 is 10.6 Å². The summed E-state index contributed by atoms with van der Waals surface area (Å²) < 4.78 is 0. The summed E-state index contributed by atoms with van der Waals surface area (Å²) >= 11 is 12.1. The molecule has 0 aliphatic rings. The van der Waals surface area contributed by atoms with Crippen molar-refractivity contribution in [2.45, 2.75) is 13.5 Å². The maximum atomic E-state index is 6.17. The topological polar surface area (TPSA) is 49.8 Å². The van der Waals surface area contributed by atoms with Gasteiger partial charge in [-0.2, -0.15) is 4.98 Å². The van der Waals surface area contributed by atoms with Crippen molar-refractivity contribution in [2.24, 2.45) is 0 Å². The second kappa shape index (κ2) is 7.51. The summed E-state index contributed by atoms with van der Waals surface area (Å²) in [5.41, 5.74) is 3.14. The minimum absolute atomic E-state index is 0.537. The zero-order valence-electron chi connectivity index (χ0n) is 13.1. The summed E-state index contributed by atoms with van der Waals surface area (Å²) in [6.45, 7) is 2.73. The zero-order valence-corrected chi connectivity index (χ0v) is 14.6. The quantitative estimate of drug-likeness (QED) is 0.636. The highest BCUT2D eigenvalue weighted by Crippen LogP contribution is 2.27. The van der Waals surface area contributed by atoms with Gasteiger partial charge in [-0.25, -0.2) is 4.98 Å². The van der Waals surface area contributed by atoms with Gasteiger partial charge in [0.25, 0.3) is 0 Å². The molecule has 1 aromatic heterocycles. The molecule has 0 aliphatic carbocycles. The first-order chi connectivity index (χ1) is 11.6. The largest absolute Gasteiger partial charge is 0.350 e. The third-order valence-corrected chi connectivity index (χ3v) is 3.93. The SMILES string of the molecule is Cc1cccc(CNc2nccc(Nc3ccc(Cl)cc3Cl)n2)c1. The fraction of sp³-hybridized carbons (Fsp3) is 0.111. The van der Waals surface area contributed by atoms with Gasteiger partial charge in [0.05, 0.1) is 10.7 Å². The van der Waals surface area contributed by atoms with Gasteiger partial charge >= 0.3 is 0 Å². The number of hydrogen-bond donors (Lipinski definition) is 2. The average Bonchev–Trinajstić information content (AvgIpc) is 2.56. The summed E-state index contributed by atoms with van der Waals surface area (Å²) in [5, 5.41) is 7.52. The van der Waals surface area contributed by atoms with E-state index in [9.17, 15) is 0 Å². The molecule has 24 heavy (non-hydrogen) atoms. The number of aryl methyl sites for hydroxylation is 1. The van der Waals surface area contributed by atoms with Crippen LogP contribution in [0, 0.1) is 6.92 Å². The van der Waals surface area contributed by atoms with Gasteiger partial charge in [0.15, 0.2) is 0 Å². The van der Waals surface area contributed by atoms with Crippen molar-refractivity contribution in [1.82, 2.24) is 9.97 Å². The second-order valence-electron chi connectivity index (χ2n) is 5.36. The van der Waals surface area contributed by atoms with E-state index < -0.39 is 0 Å². The van der Waals surface area contributed by atoms with Crippen molar-refractivity contribution < 1.29 is 0 Å². The van der Waals surface area contributed by atoms with E-state index in [0.29, 0.717) is 28.4 Å². The Bertz CT molecular complexity index is 852. The Labute approximate surface area is 150 Å². The molecule has 0 saturated heterocycles. The molecule has 0 saturated carbocycles. The predicted octanol–water partition coefficient (Wildman–Crippen LogP) is 5.45. The molecule has 0 amide bonds. The first-order valence-corrected chi connectivity index (χ1v) is 8.20. The van der Waals surface area contributed by atoms with Crippen LogP contribution in [0.2, 0.25) is 10.0 Å². The number of halogens is 2. The maximum Gasteiger partial charge on any atom is 0.224 e. The van der Waals surface area contributed by atoms with Crippen LogP contribution in [0.15, 0.2) is 54.7 Å². The Morgan fingerprint density at radius 1 is 1.04 bits per heavy atom. The highest BCUT2D eigenvalue weighted by molar-refractivity contribution is 6.36. The Morgan fingerprint density at radius 2 is 1.92 bits per heavy atom. The fourth-order valence-electron chi connectivity index (χ4n) is 2.25. The maximum absolute atomic E-state index is 6.17. The van der Waals surface area contributed by atoms with Gasteiger partial charge in [0, 0.05) is 17.8 Å². The first kappa shape index (κ1) is 16.6. The molecule has 0 atom stereocenters. The second-order valence-corrected chi connectivity index (χ2v) is 6.20. The Morgan fingerprint density at radius 3 is 2.71 bits per heavy atom. The molecular weight excluding hydrogens is 343 g/mol. The van der Waals surface area contributed by atoms with E-state index in [4.69, 9.17) is 23.2 Å². The average molecular weight is 359 g/mol. The number of aromatic nitrogens is 2. The normalized spacial score (nSPS) is 10.5. The third kappa shape index (κ3) is 4.37. The van der Waals surface area contributed by atoms with Crippen LogP contribution in [0.25, 0.3) is 0 Å². The lowest BCUT2D eigenvalue weighted by Gasteiger charge is -2.10. The van der Waals surface area contributed by atoms with Crippen LogP contribution in [0.3, 0.4) is 0 Å². The summed E-state index contributed by atoms with van der Waals surface area (Å²) in [6, 6.07) is 15.3. The van der Waals surface area contributed by atoms with Crippen LogP contribution >= 0.6 is 23.2 Å². The van der Waals surface area contributed by atoms with Gasteiger partial charge in [-0.3, -0.25) is 0 Å². The van der Waals surface area contributed by atoms with E-state index in [0.717, 1.165) is 5.69 Å². The molecule has 1 heterocycles. The standard InChI is InChI=1S/C18H16Cl2N4/c1-12-3-2-4-13(9-12)11-22-18-21-8-7-17(24-18)23-16-6-5-14(19)10-15(16)20/h2-10H,11H2,1H3,(H2,21,22,23,24). The number of nitrogens with zero attached hydrogens (tertiary/aromatic N) is 2.